The van der Waals surface area contributed by atoms with Crippen molar-refractivity contribution in [2.24, 2.45) is 5.10 Å². The number of hydrogen-bond donors (Lipinski definition) is 2. The standard InChI is InChI=1S/C15H11Cl2N3O5S/c1-24-14-10(16)4-8(5-11(14)17)7-18-20-26(22,23)9-2-3-12-13(6-9)25-15(21)19-12/h2-7,20H,1H3,(H,19,21)/b18-7+. The molecule has 0 atom stereocenters. The van der Waals surface area contributed by atoms with E-state index < -0.39 is 15.8 Å². The molecule has 11 heteroatoms. The highest BCUT2D eigenvalue weighted by Crippen LogP contribution is 2.33. The van der Waals surface area contributed by atoms with Gasteiger partial charge >= 0.3 is 5.76 Å². The Hall–Kier alpha value is -2.49. The van der Waals surface area contributed by atoms with Crippen molar-refractivity contribution in [3.8, 4) is 5.75 Å². The predicted molar refractivity (Wildman–Crippen MR) is 97.8 cm³/mol. The summed E-state index contributed by atoms with van der Waals surface area (Å²) in [6.07, 6.45) is 1.24. The van der Waals surface area contributed by atoms with Crippen LogP contribution >= 0.6 is 23.2 Å². The van der Waals surface area contributed by atoms with Crippen molar-refractivity contribution in [2.45, 2.75) is 4.90 Å². The lowest BCUT2D eigenvalue weighted by Gasteiger charge is -2.06. The smallest absolute Gasteiger partial charge is 0.417 e. The molecule has 0 saturated carbocycles. The van der Waals surface area contributed by atoms with Gasteiger partial charge < -0.3 is 9.15 Å². The lowest BCUT2D eigenvalue weighted by atomic mass is 10.2. The van der Waals surface area contributed by atoms with Gasteiger partial charge in [-0.05, 0) is 29.8 Å². The second-order valence-corrected chi connectivity index (χ2v) is 7.52. The van der Waals surface area contributed by atoms with Gasteiger partial charge in [0.25, 0.3) is 10.0 Å². The number of fused-ring (bicyclic) bond motifs is 1. The number of aromatic nitrogens is 1. The Labute approximate surface area is 157 Å². The van der Waals surface area contributed by atoms with E-state index in [0.29, 0.717) is 16.8 Å². The first kappa shape index (κ1) is 18.3. The molecule has 0 aliphatic heterocycles. The van der Waals surface area contributed by atoms with Crippen LogP contribution in [0, 0.1) is 0 Å². The minimum absolute atomic E-state index is 0.115. The van der Waals surface area contributed by atoms with Crippen LogP contribution in [0.1, 0.15) is 5.56 Å². The van der Waals surface area contributed by atoms with Gasteiger partial charge in [-0.15, -0.1) is 0 Å². The van der Waals surface area contributed by atoms with Gasteiger partial charge in [-0.1, -0.05) is 23.2 Å². The maximum absolute atomic E-state index is 12.3. The zero-order valence-electron chi connectivity index (χ0n) is 13.1. The van der Waals surface area contributed by atoms with E-state index in [1.165, 1.54) is 43.7 Å². The number of nitrogens with one attached hydrogen (secondary N) is 2. The molecule has 0 aliphatic carbocycles. The Morgan fingerprint density at radius 1 is 1.23 bits per heavy atom. The highest BCUT2D eigenvalue weighted by molar-refractivity contribution is 7.89. The molecule has 2 aromatic carbocycles. The summed E-state index contributed by atoms with van der Waals surface area (Å²) in [5, 5.41) is 4.21. The Balaban J connectivity index is 1.83. The van der Waals surface area contributed by atoms with Crippen molar-refractivity contribution in [3.63, 3.8) is 0 Å². The van der Waals surface area contributed by atoms with Crippen molar-refractivity contribution in [1.82, 2.24) is 9.82 Å². The number of oxazole rings is 1. The van der Waals surface area contributed by atoms with Crippen LogP contribution in [0.3, 0.4) is 0 Å². The molecule has 0 fully saturated rings. The predicted octanol–water partition coefficient (Wildman–Crippen LogP) is 2.75. The van der Waals surface area contributed by atoms with E-state index in [0.717, 1.165) is 0 Å². The van der Waals surface area contributed by atoms with E-state index in [4.69, 9.17) is 32.4 Å². The summed E-state index contributed by atoms with van der Waals surface area (Å²) in [7, 11) is -2.53. The van der Waals surface area contributed by atoms with E-state index in [2.05, 4.69) is 14.9 Å². The molecule has 3 aromatic rings. The number of hydrazone groups is 1. The fraction of sp³-hybridized carbons (Fsp3) is 0.0667. The zero-order valence-corrected chi connectivity index (χ0v) is 15.4. The number of hydrogen-bond acceptors (Lipinski definition) is 6. The second kappa shape index (κ2) is 7.02. The van der Waals surface area contributed by atoms with Gasteiger partial charge in [0.2, 0.25) is 0 Å². The number of benzene rings is 2. The SMILES string of the molecule is COc1c(Cl)cc(/C=N/NS(=O)(=O)c2ccc3[nH]c(=O)oc3c2)cc1Cl. The summed E-state index contributed by atoms with van der Waals surface area (Å²) in [6.45, 7) is 0. The van der Waals surface area contributed by atoms with Gasteiger partial charge in [0, 0.05) is 6.07 Å². The maximum Gasteiger partial charge on any atom is 0.417 e. The van der Waals surface area contributed by atoms with E-state index >= 15 is 0 Å². The first-order valence-corrected chi connectivity index (χ1v) is 9.25. The quantitative estimate of drug-likeness (QED) is 0.491. The third kappa shape index (κ3) is 3.69. The van der Waals surface area contributed by atoms with E-state index in [1.54, 1.807) is 0 Å². The molecule has 2 N–H and O–H groups in total. The molecule has 8 nitrogen and oxygen atoms in total. The molecule has 0 amide bonds. The van der Waals surface area contributed by atoms with Crippen molar-refractivity contribution in [3.05, 3.63) is 56.5 Å². The lowest BCUT2D eigenvalue weighted by Crippen LogP contribution is -2.18. The van der Waals surface area contributed by atoms with Crippen LogP contribution in [0.4, 0.5) is 0 Å². The fourth-order valence-corrected chi connectivity index (χ4v) is 3.63. The van der Waals surface area contributed by atoms with Crippen molar-refractivity contribution >= 4 is 50.5 Å². The van der Waals surface area contributed by atoms with Gasteiger partial charge in [-0.25, -0.2) is 9.63 Å². The van der Waals surface area contributed by atoms with Gasteiger partial charge in [0.05, 0.1) is 33.8 Å². The molecule has 0 radical (unpaired) electrons. The third-order valence-corrected chi connectivity index (χ3v) is 5.10. The summed E-state index contributed by atoms with van der Waals surface area (Å²) < 4.78 is 34.4. The summed E-state index contributed by atoms with van der Waals surface area (Å²) in [6, 6.07) is 6.98. The summed E-state index contributed by atoms with van der Waals surface area (Å²) in [5.41, 5.74) is 0.978. The summed E-state index contributed by atoms with van der Waals surface area (Å²) in [4.78, 5) is 15.5. The Kier molecular flexibility index (Phi) is 4.94. The average molecular weight is 416 g/mol. The molecule has 1 aromatic heterocycles. The van der Waals surface area contributed by atoms with Crippen LogP contribution in [0.2, 0.25) is 10.0 Å². The fourth-order valence-electron chi connectivity index (χ4n) is 2.16. The maximum atomic E-state index is 12.3. The van der Waals surface area contributed by atoms with Crippen molar-refractivity contribution in [1.29, 1.82) is 0 Å². The van der Waals surface area contributed by atoms with Crippen molar-refractivity contribution < 1.29 is 17.6 Å². The largest absolute Gasteiger partial charge is 0.494 e. The number of aromatic amines is 1. The number of nitrogens with zero attached hydrogens (tertiary/aromatic N) is 1. The van der Waals surface area contributed by atoms with Crippen LogP contribution in [0.5, 0.6) is 5.75 Å². The molecular weight excluding hydrogens is 405 g/mol. The first-order chi connectivity index (χ1) is 12.3. The molecule has 0 bridgehead atoms. The first-order valence-electron chi connectivity index (χ1n) is 7.01. The highest BCUT2D eigenvalue weighted by Gasteiger charge is 2.15. The molecule has 3 rings (SSSR count). The zero-order chi connectivity index (χ0) is 18.9. The van der Waals surface area contributed by atoms with Crippen LogP contribution in [0.15, 0.2) is 49.5 Å². The molecule has 0 unspecified atom stereocenters. The normalized spacial score (nSPS) is 12.0. The molecule has 0 aliphatic rings. The number of methoxy groups -OCH3 is 1. The average Bonchev–Trinajstić information content (AvgIpc) is 2.93. The van der Waals surface area contributed by atoms with E-state index in [-0.39, 0.29) is 20.5 Å². The van der Waals surface area contributed by atoms with Gasteiger partial charge in [-0.2, -0.15) is 13.5 Å². The number of rotatable bonds is 5. The van der Waals surface area contributed by atoms with Crippen LogP contribution in [0.25, 0.3) is 11.1 Å². The minimum Gasteiger partial charge on any atom is -0.494 e. The monoisotopic (exact) mass is 415 g/mol. The van der Waals surface area contributed by atoms with Gasteiger partial charge in [0.15, 0.2) is 11.3 Å². The minimum atomic E-state index is -3.96. The molecule has 0 spiro atoms. The van der Waals surface area contributed by atoms with Crippen LogP contribution in [-0.2, 0) is 10.0 Å². The number of halogens is 2. The molecule has 136 valence electrons. The third-order valence-electron chi connectivity index (χ3n) is 3.31. The van der Waals surface area contributed by atoms with E-state index in [9.17, 15) is 13.2 Å². The number of ether oxygens (including phenoxy) is 1. The van der Waals surface area contributed by atoms with Crippen LogP contribution in [-0.4, -0.2) is 26.7 Å². The van der Waals surface area contributed by atoms with Gasteiger partial charge in [-0.3, -0.25) is 4.98 Å². The van der Waals surface area contributed by atoms with Gasteiger partial charge in [0.1, 0.15) is 0 Å². The topological polar surface area (TPSA) is 114 Å². The number of sulfonamides is 1. The lowest BCUT2D eigenvalue weighted by molar-refractivity contribution is 0.415. The van der Waals surface area contributed by atoms with E-state index in [1.807, 2.05) is 0 Å². The Bertz CT molecular complexity index is 1140. The summed E-state index contributed by atoms with van der Waals surface area (Å²) in [5.74, 6) is -0.360. The molecule has 0 saturated heterocycles. The number of H-pyrrole nitrogens is 1. The molecule has 26 heavy (non-hydrogen) atoms. The Morgan fingerprint density at radius 2 is 1.92 bits per heavy atom. The Morgan fingerprint density at radius 3 is 2.58 bits per heavy atom. The second-order valence-electron chi connectivity index (χ2n) is 5.04. The molecule has 1 heterocycles. The van der Waals surface area contributed by atoms with Crippen molar-refractivity contribution in [2.75, 3.05) is 7.11 Å². The van der Waals surface area contributed by atoms with Crippen LogP contribution < -0.4 is 15.3 Å². The summed E-state index contributed by atoms with van der Waals surface area (Å²) >= 11 is 12.0. The highest BCUT2D eigenvalue weighted by atomic mass is 35.5. The molecular formula is C15H11Cl2N3O5S.